The predicted molar refractivity (Wildman–Crippen MR) is 89.5 cm³/mol. The van der Waals surface area contributed by atoms with E-state index >= 15 is 0 Å². The minimum atomic E-state index is 0.656. The maximum atomic E-state index is 3.60. The van der Waals surface area contributed by atoms with E-state index in [0.717, 1.165) is 5.92 Å². The van der Waals surface area contributed by atoms with Crippen LogP contribution >= 0.6 is 0 Å². The van der Waals surface area contributed by atoms with Crippen LogP contribution in [0.4, 0.5) is 0 Å². The highest BCUT2D eigenvalue weighted by molar-refractivity contribution is 5.14. The van der Waals surface area contributed by atoms with Crippen molar-refractivity contribution < 1.29 is 0 Å². The van der Waals surface area contributed by atoms with Crippen molar-refractivity contribution >= 4 is 0 Å². The van der Waals surface area contributed by atoms with E-state index in [9.17, 15) is 0 Å². The maximum absolute atomic E-state index is 3.60. The Balaban J connectivity index is 1.50. The standard InChI is InChI=1S/C19H30N2/c1-2-18-16-20-12-9-19(18)10-14-21(15-11-19)13-8-17-6-4-3-5-7-17/h3-7,18,20H,2,8-16H2,1H3. The summed E-state index contributed by atoms with van der Waals surface area (Å²) in [5.74, 6) is 0.905. The number of benzene rings is 1. The van der Waals surface area contributed by atoms with Crippen LogP contribution < -0.4 is 5.32 Å². The summed E-state index contributed by atoms with van der Waals surface area (Å²) in [5, 5.41) is 3.60. The van der Waals surface area contributed by atoms with Crippen LogP contribution in [-0.4, -0.2) is 37.6 Å². The molecule has 3 rings (SSSR count). The lowest BCUT2D eigenvalue weighted by Gasteiger charge is -2.49. The number of piperidine rings is 2. The zero-order valence-electron chi connectivity index (χ0n) is 13.5. The second-order valence-electron chi connectivity index (χ2n) is 7.00. The fourth-order valence-electron chi connectivity index (χ4n) is 4.42. The van der Waals surface area contributed by atoms with E-state index in [4.69, 9.17) is 0 Å². The van der Waals surface area contributed by atoms with Gasteiger partial charge in [0, 0.05) is 6.54 Å². The molecule has 2 heterocycles. The Labute approximate surface area is 129 Å². The fraction of sp³-hybridized carbons (Fsp3) is 0.684. The number of likely N-dealkylation sites (tertiary alicyclic amines) is 1. The molecule has 2 saturated heterocycles. The summed E-state index contributed by atoms with van der Waals surface area (Å²) >= 11 is 0. The van der Waals surface area contributed by atoms with Crippen LogP contribution in [0.15, 0.2) is 30.3 Å². The molecule has 0 bridgehead atoms. The number of nitrogens with zero attached hydrogens (tertiary/aromatic N) is 1. The summed E-state index contributed by atoms with van der Waals surface area (Å²) in [5.41, 5.74) is 2.13. The van der Waals surface area contributed by atoms with Gasteiger partial charge in [0.2, 0.25) is 0 Å². The van der Waals surface area contributed by atoms with E-state index in [1.807, 2.05) is 0 Å². The van der Waals surface area contributed by atoms with Crippen molar-refractivity contribution in [1.82, 2.24) is 10.2 Å². The van der Waals surface area contributed by atoms with Gasteiger partial charge < -0.3 is 10.2 Å². The zero-order chi connectivity index (χ0) is 14.5. The minimum Gasteiger partial charge on any atom is -0.316 e. The summed E-state index contributed by atoms with van der Waals surface area (Å²) in [6, 6.07) is 10.9. The summed E-state index contributed by atoms with van der Waals surface area (Å²) in [6.45, 7) is 8.71. The number of rotatable bonds is 4. The zero-order valence-corrected chi connectivity index (χ0v) is 13.5. The van der Waals surface area contributed by atoms with Crippen molar-refractivity contribution in [2.75, 3.05) is 32.7 Å². The number of hydrogen-bond acceptors (Lipinski definition) is 2. The third kappa shape index (κ3) is 3.49. The molecule has 0 radical (unpaired) electrons. The summed E-state index contributed by atoms with van der Waals surface area (Å²) < 4.78 is 0. The van der Waals surface area contributed by atoms with E-state index in [2.05, 4.69) is 47.5 Å². The highest BCUT2D eigenvalue weighted by atomic mass is 15.1. The van der Waals surface area contributed by atoms with Crippen molar-refractivity contribution in [2.24, 2.45) is 11.3 Å². The van der Waals surface area contributed by atoms with Gasteiger partial charge in [-0.05, 0) is 68.8 Å². The van der Waals surface area contributed by atoms with Crippen LogP contribution in [0.2, 0.25) is 0 Å². The molecule has 1 spiro atoms. The molecule has 1 atom stereocenters. The van der Waals surface area contributed by atoms with E-state index in [1.54, 1.807) is 0 Å². The normalized spacial score (nSPS) is 26.0. The molecule has 2 aliphatic heterocycles. The van der Waals surface area contributed by atoms with E-state index in [1.165, 1.54) is 70.4 Å². The molecule has 1 aromatic carbocycles. The first-order valence-electron chi connectivity index (χ1n) is 8.79. The third-order valence-corrected chi connectivity index (χ3v) is 5.96. The van der Waals surface area contributed by atoms with Gasteiger partial charge in [-0.1, -0.05) is 43.7 Å². The fourth-order valence-corrected chi connectivity index (χ4v) is 4.42. The van der Waals surface area contributed by atoms with Gasteiger partial charge >= 0.3 is 0 Å². The first-order valence-corrected chi connectivity index (χ1v) is 8.79. The smallest absolute Gasteiger partial charge is 0.00218 e. The molecule has 1 unspecified atom stereocenters. The monoisotopic (exact) mass is 286 g/mol. The van der Waals surface area contributed by atoms with Crippen molar-refractivity contribution in [3.8, 4) is 0 Å². The molecule has 2 fully saturated rings. The molecule has 2 heteroatoms. The van der Waals surface area contributed by atoms with Crippen LogP contribution in [0.5, 0.6) is 0 Å². The van der Waals surface area contributed by atoms with Gasteiger partial charge in [-0.15, -0.1) is 0 Å². The van der Waals surface area contributed by atoms with Crippen LogP contribution in [0, 0.1) is 11.3 Å². The van der Waals surface area contributed by atoms with Gasteiger partial charge in [0.15, 0.2) is 0 Å². The lowest BCUT2D eigenvalue weighted by atomic mass is 9.64. The van der Waals surface area contributed by atoms with Gasteiger partial charge in [0.1, 0.15) is 0 Å². The quantitative estimate of drug-likeness (QED) is 0.913. The van der Waals surface area contributed by atoms with Gasteiger partial charge in [0.05, 0.1) is 0 Å². The highest BCUT2D eigenvalue weighted by Crippen LogP contribution is 2.44. The van der Waals surface area contributed by atoms with Crippen LogP contribution in [0.3, 0.4) is 0 Å². The molecule has 1 N–H and O–H groups in total. The molecule has 116 valence electrons. The topological polar surface area (TPSA) is 15.3 Å². The Morgan fingerprint density at radius 1 is 1.14 bits per heavy atom. The first-order chi connectivity index (χ1) is 10.3. The summed E-state index contributed by atoms with van der Waals surface area (Å²) in [6.07, 6.45) is 6.78. The van der Waals surface area contributed by atoms with E-state index < -0.39 is 0 Å². The van der Waals surface area contributed by atoms with Crippen molar-refractivity contribution in [3.63, 3.8) is 0 Å². The first kappa shape index (κ1) is 15.1. The Kier molecular flexibility index (Phi) is 4.97. The van der Waals surface area contributed by atoms with E-state index in [-0.39, 0.29) is 0 Å². The summed E-state index contributed by atoms with van der Waals surface area (Å²) in [7, 11) is 0. The average Bonchev–Trinajstić information content (AvgIpc) is 2.56. The largest absolute Gasteiger partial charge is 0.316 e. The molecule has 0 aliphatic carbocycles. The third-order valence-electron chi connectivity index (χ3n) is 5.96. The maximum Gasteiger partial charge on any atom is 0.00218 e. The molecule has 0 saturated carbocycles. The Morgan fingerprint density at radius 2 is 1.90 bits per heavy atom. The van der Waals surface area contributed by atoms with Crippen LogP contribution in [0.25, 0.3) is 0 Å². The van der Waals surface area contributed by atoms with Crippen molar-refractivity contribution in [3.05, 3.63) is 35.9 Å². The van der Waals surface area contributed by atoms with Gasteiger partial charge in [-0.25, -0.2) is 0 Å². The molecule has 0 amide bonds. The predicted octanol–water partition coefficient (Wildman–Crippen LogP) is 3.33. The van der Waals surface area contributed by atoms with Crippen LogP contribution in [-0.2, 0) is 6.42 Å². The Hall–Kier alpha value is -0.860. The molecule has 0 aromatic heterocycles. The average molecular weight is 286 g/mol. The number of nitrogens with one attached hydrogen (secondary N) is 1. The molecular weight excluding hydrogens is 256 g/mol. The van der Waals surface area contributed by atoms with Crippen molar-refractivity contribution in [2.45, 2.75) is 39.0 Å². The Bertz CT molecular complexity index is 420. The van der Waals surface area contributed by atoms with Gasteiger partial charge in [0.25, 0.3) is 0 Å². The van der Waals surface area contributed by atoms with Gasteiger partial charge in [-0.3, -0.25) is 0 Å². The van der Waals surface area contributed by atoms with Gasteiger partial charge in [-0.2, -0.15) is 0 Å². The van der Waals surface area contributed by atoms with Crippen molar-refractivity contribution in [1.29, 1.82) is 0 Å². The molecule has 2 nitrogen and oxygen atoms in total. The summed E-state index contributed by atoms with van der Waals surface area (Å²) in [4.78, 5) is 2.69. The molecule has 2 aliphatic rings. The lowest BCUT2D eigenvalue weighted by Crippen LogP contribution is -2.51. The lowest BCUT2D eigenvalue weighted by molar-refractivity contribution is 0.0209. The molecule has 21 heavy (non-hydrogen) atoms. The number of hydrogen-bond donors (Lipinski definition) is 1. The Morgan fingerprint density at radius 3 is 2.62 bits per heavy atom. The van der Waals surface area contributed by atoms with E-state index in [0.29, 0.717) is 5.41 Å². The second kappa shape index (κ2) is 6.93. The second-order valence-corrected chi connectivity index (χ2v) is 7.00. The minimum absolute atomic E-state index is 0.656. The SMILES string of the molecule is CCC1CNCCC12CCN(CCc1ccccc1)CC2. The molecular formula is C19H30N2. The highest BCUT2D eigenvalue weighted by Gasteiger charge is 2.41. The molecule has 1 aromatic rings. The van der Waals surface area contributed by atoms with Crippen LogP contribution in [0.1, 0.15) is 38.2 Å².